The van der Waals surface area contributed by atoms with Crippen molar-refractivity contribution in [1.29, 1.82) is 0 Å². The summed E-state index contributed by atoms with van der Waals surface area (Å²) in [6.45, 7) is 0. The highest BCUT2D eigenvalue weighted by Gasteiger charge is 2.41. The first-order valence-electron chi connectivity index (χ1n) is 15.3. The molecule has 7 heteroatoms. The van der Waals surface area contributed by atoms with Crippen LogP contribution in [0, 0.1) is 10.2 Å². The average molecular weight is 667 g/mol. The Hall–Kier alpha value is -5.05. The summed E-state index contributed by atoms with van der Waals surface area (Å²) < 4.78 is 49.3. The Morgan fingerprint density at radius 1 is 0.479 bits per heavy atom. The van der Waals surface area contributed by atoms with Crippen LogP contribution in [0.3, 0.4) is 0 Å². The normalized spacial score (nSPS) is 17.3. The molecule has 8 rings (SSSR count). The highest BCUT2D eigenvalue weighted by Crippen LogP contribution is 2.59. The van der Waals surface area contributed by atoms with Gasteiger partial charge in [0.15, 0.2) is 0 Å². The Bertz CT molecular complexity index is 2170. The van der Waals surface area contributed by atoms with Crippen molar-refractivity contribution < 1.29 is 32.7 Å². The highest BCUT2D eigenvalue weighted by molar-refractivity contribution is 8.20. The molecule has 48 heavy (non-hydrogen) atoms. The van der Waals surface area contributed by atoms with Gasteiger partial charge in [0.05, 0.1) is 20.0 Å². The zero-order valence-corrected chi connectivity index (χ0v) is 27.0. The number of hydrogen-bond acceptors (Lipinski definition) is 5. The molecule has 1 aliphatic carbocycles. The predicted molar refractivity (Wildman–Crippen MR) is 184 cm³/mol. The molecule has 234 valence electrons. The van der Waals surface area contributed by atoms with Gasteiger partial charge in [0.1, 0.15) is 26.0 Å². The summed E-state index contributed by atoms with van der Waals surface area (Å²) in [7, 11) is -6.35. The van der Waals surface area contributed by atoms with Crippen LogP contribution in [0.4, 0.5) is 0 Å². The molecule has 1 unspecified atom stereocenters. The van der Waals surface area contributed by atoms with Gasteiger partial charge in [0, 0.05) is 16.7 Å². The topological polar surface area (TPSA) is 87.6 Å². The van der Waals surface area contributed by atoms with E-state index in [2.05, 4.69) is 0 Å². The molecule has 0 fully saturated rings. The van der Waals surface area contributed by atoms with Gasteiger partial charge in [-0.05, 0) is 57.2 Å². The molecular weight excluding hydrogens is 640 g/mol. The lowest BCUT2D eigenvalue weighted by atomic mass is 9.87. The second kappa shape index (κ2) is 12.5. The molecule has 2 aliphatic heterocycles. The number of benzene rings is 5. The molecule has 1 atom stereocenters. The van der Waals surface area contributed by atoms with E-state index >= 15 is 0 Å². The Balaban J connectivity index is 1.49. The number of hydrogen-bond donors (Lipinski definition) is 0. The lowest BCUT2D eigenvalue weighted by Gasteiger charge is -2.25. The van der Waals surface area contributed by atoms with E-state index in [1.54, 1.807) is 0 Å². The van der Waals surface area contributed by atoms with Crippen molar-refractivity contribution in [2.75, 3.05) is 0 Å². The van der Waals surface area contributed by atoms with Crippen molar-refractivity contribution in [3.63, 3.8) is 0 Å². The molecule has 5 aromatic rings. The molecule has 0 spiro atoms. The van der Waals surface area contributed by atoms with Crippen LogP contribution in [-0.2, 0) is 8.47 Å². The molecule has 0 radical (unpaired) electrons. The lowest BCUT2D eigenvalue weighted by molar-refractivity contribution is -1.91. The third kappa shape index (κ3) is 5.71. The zero-order chi connectivity index (χ0) is 32.7. The average Bonchev–Trinajstić information content (AvgIpc) is 3.48. The van der Waals surface area contributed by atoms with Crippen LogP contribution in [0.5, 0.6) is 0 Å². The van der Waals surface area contributed by atoms with E-state index in [1.165, 1.54) is 0 Å². The van der Waals surface area contributed by atoms with Crippen LogP contribution < -0.4 is 14.0 Å². The molecule has 0 saturated heterocycles. The van der Waals surface area contributed by atoms with E-state index in [0.29, 0.717) is 21.3 Å². The Morgan fingerprint density at radius 2 is 0.938 bits per heavy atom. The van der Waals surface area contributed by atoms with Gasteiger partial charge in [0.2, 0.25) is 0 Å². The quantitative estimate of drug-likeness (QED) is 0.189. The molecule has 0 amide bonds. The molecule has 5 aromatic carbocycles. The third-order valence-corrected chi connectivity index (χ3v) is 11.0. The standard InChI is InChI=1S/C41H27ClO5S/c43-42(44,45)47-48-38(31-21-11-4-12-22-31)27-35(28-15-5-1-6-16-28)40-39(33-23-13-14-24-34(33)41(40)48)32-25-36(29-17-7-2-8-18-29)46-37(26-32)30-19-9-3-10-20-30/h1-27H. The molecule has 0 bridgehead atoms. The Morgan fingerprint density at radius 3 is 1.46 bits per heavy atom. The first-order valence-corrected chi connectivity index (χ1v) is 17.7. The van der Waals surface area contributed by atoms with Crippen LogP contribution in [-0.4, -0.2) is 4.86 Å². The van der Waals surface area contributed by atoms with Gasteiger partial charge < -0.3 is 4.74 Å². The van der Waals surface area contributed by atoms with Gasteiger partial charge in [-0.25, -0.2) is 0 Å². The van der Waals surface area contributed by atoms with Crippen molar-refractivity contribution in [3.8, 4) is 0 Å². The van der Waals surface area contributed by atoms with Crippen LogP contribution in [0.1, 0.15) is 33.4 Å². The fourth-order valence-electron chi connectivity index (χ4n) is 6.31. The summed E-state index contributed by atoms with van der Waals surface area (Å²) in [4.78, 5) is 1.25. The highest BCUT2D eigenvalue weighted by atomic mass is 35.7. The van der Waals surface area contributed by atoms with Gasteiger partial charge in [-0.3, -0.25) is 0 Å². The molecule has 0 N–H and O–H groups in total. The maximum Gasteiger partial charge on any atom is 0.148 e. The van der Waals surface area contributed by atoms with Crippen LogP contribution in [0.15, 0.2) is 175 Å². The van der Waals surface area contributed by atoms with Crippen LogP contribution in [0.2, 0.25) is 0 Å². The Kier molecular flexibility index (Phi) is 7.90. The minimum absolute atomic E-state index is 0.606. The second-order valence-corrected chi connectivity index (χ2v) is 13.9. The van der Waals surface area contributed by atoms with Gasteiger partial charge in [0.25, 0.3) is 0 Å². The van der Waals surface area contributed by atoms with Crippen molar-refractivity contribution in [3.05, 3.63) is 208 Å². The van der Waals surface area contributed by atoms with Crippen molar-refractivity contribution in [2.45, 2.75) is 0 Å². The summed E-state index contributed by atoms with van der Waals surface area (Å²) in [5.74, 6) is 1.36. The molecule has 3 aliphatic rings. The minimum atomic E-state index is -4.77. The van der Waals surface area contributed by atoms with Gasteiger partial charge >= 0.3 is 0 Å². The predicted octanol–water partition coefficient (Wildman–Crippen LogP) is 6.69. The number of fused-ring (bicyclic) bond motifs is 2. The third-order valence-electron chi connectivity index (χ3n) is 8.33. The Labute approximate surface area is 283 Å². The summed E-state index contributed by atoms with van der Waals surface area (Å²) >= 11 is 0. The van der Waals surface area contributed by atoms with Crippen molar-refractivity contribution in [1.82, 2.24) is 0 Å². The largest absolute Gasteiger partial charge is 0.456 e. The van der Waals surface area contributed by atoms with Gasteiger partial charge in [-0.15, -0.1) is 0 Å². The number of ether oxygens (including phenoxy) is 1. The maximum atomic E-state index is 12.4. The summed E-state index contributed by atoms with van der Waals surface area (Å²) in [6.07, 6.45) is 6.04. The number of allylic oxidation sites excluding steroid dienone is 7. The van der Waals surface area contributed by atoms with Crippen LogP contribution in [0.25, 0.3) is 27.6 Å². The molecule has 0 saturated carbocycles. The van der Waals surface area contributed by atoms with Gasteiger partial charge in [-0.2, -0.15) is 14.0 Å². The lowest BCUT2D eigenvalue weighted by Crippen LogP contribution is -2.60. The summed E-state index contributed by atoms with van der Waals surface area (Å²) in [6, 6.07) is 47.2. The maximum absolute atomic E-state index is 12.4. The van der Waals surface area contributed by atoms with Gasteiger partial charge in [-0.1, -0.05) is 146 Å². The fraction of sp³-hybridized carbons (Fsp3) is 0. The molecule has 0 aromatic heterocycles. The van der Waals surface area contributed by atoms with E-state index < -0.39 is 21.0 Å². The minimum Gasteiger partial charge on any atom is -0.456 e. The van der Waals surface area contributed by atoms with Crippen LogP contribution >= 0.6 is 10.8 Å². The molecular formula is C41H27ClO5S. The van der Waals surface area contributed by atoms with E-state index in [9.17, 15) is 14.0 Å². The molecule has 5 nitrogen and oxygen atoms in total. The monoisotopic (exact) mass is 666 g/mol. The van der Waals surface area contributed by atoms with E-state index in [1.807, 2.05) is 164 Å². The first-order chi connectivity index (χ1) is 23.4. The van der Waals surface area contributed by atoms with E-state index in [0.717, 1.165) is 55.7 Å². The van der Waals surface area contributed by atoms with E-state index in [-0.39, 0.29) is 0 Å². The second-order valence-electron chi connectivity index (χ2n) is 11.3. The number of halogens is 1. The van der Waals surface area contributed by atoms with E-state index in [4.69, 9.17) is 8.47 Å². The van der Waals surface area contributed by atoms with Crippen molar-refractivity contribution in [2.24, 2.45) is 0 Å². The van der Waals surface area contributed by atoms with Crippen molar-refractivity contribution >= 4 is 43.2 Å². The smallest absolute Gasteiger partial charge is 0.148 e. The first kappa shape index (κ1) is 30.3. The zero-order valence-electron chi connectivity index (χ0n) is 25.4. The fourth-order valence-corrected chi connectivity index (χ4v) is 9.02. The number of rotatable bonds is 6. The molecule has 2 heterocycles. The summed E-state index contributed by atoms with van der Waals surface area (Å²) in [5.41, 5.74) is 8.75. The SMILES string of the molecule is [O-][Cl+3]([O-])([O-])OS1=C(c2ccccc2)C=C(c2ccccc2)C2=C1c1ccccc1C2=C1C=C(c2ccccc2)OC(c2ccccc2)=C1. The summed E-state index contributed by atoms with van der Waals surface area (Å²) in [5, 5.41) is 0.